The summed E-state index contributed by atoms with van der Waals surface area (Å²) in [5.41, 5.74) is 3.57. The lowest BCUT2D eigenvalue weighted by Crippen LogP contribution is -2.50. The van der Waals surface area contributed by atoms with Crippen LogP contribution in [0.25, 0.3) is 11.1 Å². The molecule has 2 amide bonds. The van der Waals surface area contributed by atoms with Crippen LogP contribution in [0.4, 0.5) is 10.5 Å². The Bertz CT molecular complexity index is 1500. The molecule has 2 heterocycles. The van der Waals surface area contributed by atoms with Gasteiger partial charge >= 0.3 is 6.09 Å². The number of amides is 2. The second-order valence-electron chi connectivity index (χ2n) is 13.2. The third-order valence-electron chi connectivity index (χ3n) is 8.31. The van der Waals surface area contributed by atoms with Crippen molar-refractivity contribution in [1.82, 2.24) is 24.9 Å². The summed E-state index contributed by atoms with van der Waals surface area (Å²) < 4.78 is 8.56. The number of hydrogen-bond acceptors (Lipinski definition) is 7. The van der Waals surface area contributed by atoms with Crippen LogP contribution in [0, 0.1) is 31.6 Å². The number of benzene rings is 1. The van der Waals surface area contributed by atoms with Gasteiger partial charge in [-0.05, 0) is 115 Å². The zero-order valence-corrected chi connectivity index (χ0v) is 27.5. The highest BCUT2D eigenvalue weighted by molar-refractivity contribution is 7.98. The molecule has 44 heavy (non-hydrogen) atoms. The number of ether oxygens (including phenoxy) is 1. The zero-order chi connectivity index (χ0) is 31.8. The number of rotatable bonds is 11. The smallest absolute Gasteiger partial charge is 0.435 e. The van der Waals surface area contributed by atoms with Gasteiger partial charge in [0.1, 0.15) is 17.3 Å². The lowest BCUT2D eigenvalue weighted by Gasteiger charge is -2.28. The minimum Gasteiger partial charge on any atom is -0.442 e. The largest absolute Gasteiger partial charge is 0.442 e. The maximum absolute atomic E-state index is 13.9. The van der Waals surface area contributed by atoms with Gasteiger partial charge in [-0.15, -0.1) is 0 Å². The molecule has 0 spiro atoms. The maximum atomic E-state index is 13.9. The van der Waals surface area contributed by atoms with Crippen molar-refractivity contribution in [2.24, 2.45) is 17.8 Å². The number of aryl methyl sites for hydroxylation is 1. The lowest BCUT2D eigenvalue weighted by atomic mass is 9.88. The summed E-state index contributed by atoms with van der Waals surface area (Å²) in [5.74, 6) is 1.37. The predicted molar refractivity (Wildman–Crippen MR) is 173 cm³/mol. The van der Waals surface area contributed by atoms with E-state index in [9.17, 15) is 14.4 Å². The van der Waals surface area contributed by atoms with Gasteiger partial charge in [0.2, 0.25) is 5.91 Å². The van der Waals surface area contributed by atoms with E-state index in [1.807, 2.05) is 72.1 Å². The van der Waals surface area contributed by atoms with E-state index in [2.05, 4.69) is 20.8 Å². The van der Waals surface area contributed by atoms with E-state index in [1.165, 1.54) is 4.68 Å². The van der Waals surface area contributed by atoms with Gasteiger partial charge in [0.05, 0.1) is 17.4 Å². The number of thioether (sulfide) groups is 1. The summed E-state index contributed by atoms with van der Waals surface area (Å²) in [7, 11) is 0. The molecule has 0 aliphatic heterocycles. The SMILES string of the molecule is CSCC(C)n1nccc1C(=O)N[C@H](C(=O)Nc1ccc(-c2c(C)nn(C(=O)OC(C)(C)C)c2C)cc1)C(C1CC1)C1CC1. The van der Waals surface area contributed by atoms with Gasteiger partial charge in [0, 0.05) is 23.2 Å². The molecule has 2 atom stereocenters. The highest BCUT2D eigenvalue weighted by atomic mass is 32.2. The number of carbonyl (C=O) groups excluding carboxylic acids is 3. The van der Waals surface area contributed by atoms with E-state index in [-0.39, 0.29) is 23.8 Å². The normalized spacial score (nSPS) is 16.5. The quantitative estimate of drug-likeness (QED) is 0.260. The molecule has 5 rings (SSSR count). The molecule has 0 radical (unpaired) electrons. The van der Waals surface area contributed by atoms with E-state index >= 15 is 0 Å². The molecule has 0 saturated heterocycles. The van der Waals surface area contributed by atoms with Gasteiger partial charge in [-0.1, -0.05) is 12.1 Å². The molecular formula is C33H44N6O4S. The molecule has 2 saturated carbocycles. The van der Waals surface area contributed by atoms with Gasteiger partial charge < -0.3 is 15.4 Å². The first-order valence-corrected chi connectivity index (χ1v) is 16.8. The van der Waals surface area contributed by atoms with Crippen LogP contribution in [-0.4, -0.2) is 61.1 Å². The molecule has 2 aromatic heterocycles. The number of carbonyl (C=O) groups is 3. The molecule has 0 bridgehead atoms. The molecule has 2 aliphatic rings. The monoisotopic (exact) mass is 620 g/mol. The summed E-state index contributed by atoms with van der Waals surface area (Å²) in [5, 5.41) is 15.0. The van der Waals surface area contributed by atoms with Crippen molar-refractivity contribution in [2.45, 2.75) is 84.9 Å². The molecule has 1 unspecified atom stereocenters. The number of nitrogens with one attached hydrogen (secondary N) is 2. The number of nitrogens with zero attached hydrogens (tertiary/aromatic N) is 4. The van der Waals surface area contributed by atoms with Crippen LogP contribution in [0.3, 0.4) is 0 Å². The first kappa shape index (κ1) is 31.8. The average Bonchev–Trinajstić information content (AvgIpc) is 3.89. The fourth-order valence-electron chi connectivity index (χ4n) is 6.08. The third-order valence-corrected chi connectivity index (χ3v) is 9.13. The van der Waals surface area contributed by atoms with Crippen molar-refractivity contribution in [3.8, 4) is 11.1 Å². The van der Waals surface area contributed by atoms with Crippen molar-refractivity contribution in [3.63, 3.8) is 0 Å². The second kappa shape index (κ2) is 12.8. The van der Waals surface area contributed by atoms with Gasteiger partial charge in [-0.2, -0.15) is 26.6 Å². The summed E-state index contributed by atoms with van der Waals surface area (Å²) >= 11 is 1.70. The predicted octanol–water partition coefficient (Wildman–Crippen LogP) is 6.24. The Labute approximate surface area is 263 Å². The van der Waals surface area contributed by atoms with E-state index in [0.29, 0.717) is 34.6 Å². The summed E-state index contributed by atoms with van der Waals surface area (Å²) in [6.07, 6.45) is 7.51. The van der Waals surface area contributed by atoms with Crippen molar-refractivity contribution < 1.29 is 19.1 Å². The van der Waals surface area contributed by atoms with Gasteiger partial charge in [-0.25, -0.2) is 4.79 Å². The third kappa shape index (κ3) is 7.20. The molecule has 2 aliphatic carbocycles. The van der Waals surface area contributed by atoms with Crippen molar-refractivity contribution >= 4 is 35.4 Å². The first-order valence-electron chi connectivity index (χ1n) is 15.4. The molecular weight excluding hydrogens is 576 g/mol. The Kier molecular flexibility index (Phi) is 9.25. The average molecular weight is 621 g/mol. The molecule has 236 valence electrons. The Balaban J connectivity index is 1.34. The van der Waals surface area contributed by atoms with Crippen LogP contribution in [0.1, 0.15) is 81.3 Å². The summed E-state index contributed by atoms with van der Waals surface area (Å²) in [6, 6.07) is 8.64. The molecule has 1 aromatic carbocycles. The molecule has 10 nitrogen and oxygen atoms in total. The van der Waals surface area contributed by atoms with E-state index in [1.54, 1.807) is 28.7 Å². The van der Waals surface area contributed by atoms with Crippen molar-refractivity contribution in [1.29, 1.82) is 0 Å². The Morgan fingerprint density at radius 3 is 2.25 bits per heavy atom. The van der Waals surface area contributed by atoms with Crippen molar-refractivity contribution in [3.05, 3.63) is 53.6 Å². The van der Waals surface area contributed by atoms with Crippen LogP contribution < -0.4 is 10.6 Å². The number of anilines is 1. The van der Waals surface area contributed by atoms with Gasteiger partial charge in [-0.3, -0.25) is 14.3 Å². The lowest BCUT2D eigenvalue weighted by molar-refractivity contribution is -0.119. The Morgan fingerprint density at radius 2 is 1.68 bits per heavy atom. The summed E-state index contributed by atoms with van der Waals surface area (Å²) in [4.78, 5) is 40.2. The maximum Gasteiger partial charge on any atom is 0.435 e. The molecule has 11 heteroatoms. The minimum absolute atomic E-state index is 0.0534. The van der Waals surface area contributed by atoms with Crippen LogP contribution in [-0.2, 0) is 9.53 Å². The number of hydrogen-bond donors (Lipinski definition) is 2. The fourth-order valence-corrected chi connectivity index (χ4v) is 6.71. The summed E-state index contributed by atoms with van der Waals surface area (Å²) in [6.45, 7) is 11.2. The van der Waals surface area contributed by atoms with E-state index in [0.717, 1.165) is 42.6 Å². The minimum atomic E-state index is -0.641. The Morgan fingerprint density at radius 1 is 1.05 bits per heavy atom. The molecule has 3 aromatic rings. The van der Waals surface area contributed by atoms with Crippen LogP contribution in [0.5, 0.6) is 0 Å². The highest BCUT2D eigenvalue weighted by Gasteiger charge is 2.48. The van der Waals surface area contributed by atoms with Crippen LogP contribution in [0.15, 0.2) is 36.5 Å². The second-order valence-corrected chi connectivity index (χ2v) is 14.1. The van der Waals surface area contributed by atoms with Crippen molar-refractivity contribution in [2.75, 3.05) is 17.3 Å². The van der Waals surface area contributed by atoms with Gasteiger partial charge in [0.15, 0.2) is 0 Å². The fraction of sp³-hybridized carbons (Fsp3) is 0.545. The molecule has 2 N–H and O–H groups in total. The van der Waals surface area contributed by atoms with Crippen LogP contribution >= 0.6 is 11.8 Å². The van der Waals surface area contributed by atoms with Crippen LogP contribution in [0.2, 0.25) is 0 Å². The van der Waals surface area contributed by atoms with Gasteiger partial charge in [0.25, 0.3) is 5.91 Å². The Hall–Kier alpha value is -3.60. The molecule has 2 fully saturated rings. The standard InChI is InChI=1S/C33H44N6O4S/c1-19(18-44-7)38-26(16-17-34-38)30(40)36-29(28(23-8-9-23)24-10-11-24)31(41)35-25-14-12-22(13-15-25)27-20(2)37-39(21(27)3)32(42)43-33(4,5)6/h12-17,19,23-24,28-29H,8-11,18H2,1-7H3,(H,35,41)(H,36,40)/t19?,29-/m0/s1. The first-order chi connectivity index (χ1) is 20.9. The van der Waals surface area contributed by atoms with E-state index in [4.69, 9.17) is 4.74 Å². The zero-order valence-electron chi connectivity index (χ0n) is 26.7. The highest BCUT2D eigenvalue weighted by Crippen LogP contribution is 2.51. The number of aromatic nitrogens is 4. The van der Waals surface area contributed by atoms with E-state index < -0.39 is 17.7 Å². The topological polar surface area (TPSA) is 120 Å².